The van der Waals surface area contributed by atoms with E-state index >= 15 is 0 Å². The smallest absolute Gasteiger partial charge is 0.639 e. The average molecular weight is 135 g/mol. The van der Waals surface area contributed by atoms with Crippen LogP contribution in [0.3, 0.4) is 0 Å². The van der Waals surface area contributed by atoms with Gasteiger partial charge in [0.2, 0.25) is 0 Å². The van der Waals surface area contributed by atoms with E-state index < -0.39 is 0 Å². The molecule has 10 heavy (non-hydrogen) atoms. The minimum Gasteiger partial charge on any atom is -0.639 e. The molecule has 0 aliphatic carbocycles. The summed E-state index contributed by atoms with van der Waals surface area (Å²) in [6, 6.07) is -0.0949. The Bertz CT molecular complexity index is 112. The molecule has 1 fully saturated rings. The third-order valence-corrected chi connectivity index (χ3v) is 1.49. The Morgan fingerprint density at radius 1 is 1.70 bits per heavy atom. The second-order valence-corrected chi connectivity index (χ2v) is 2.11. The molecule has 0 saturated carbocycles. The van der Waals surface area contributed by atoms with Crippen LogP contribution >= 0.6 is 0 Å². The Morgan fingerprint density at radius 3 is 2.80 bits per heavy atom. The second kappa shape index (κ2) is 4.78. The number of rotatable bonds is 1. The van der Waals surface area contributed by atoms with Gasteiger partial charge in [0.1, 0.15) is 6.04 Å². The van der Waals surface area contributed by atoms with Gasteiger partial charge in [-0.1, -0.05) is 0 Å². The van der Waals surface area contributed by atoms with Gasteiger partial charge in [0, 0.05) is 0 Å². The minimum atomic E-state index is -0.243. The van der Waals surface area contributed by atoms with Crippen molar-refractivity contribution in [1.82, 2.24) is 5.32 Å². The van der Waals surface area contributed by atoms with Crippen molar-refractivity contribution in [2.45, 2.75) is 18.9 Å². The summed E-state index contributed by atoms with van der Waals surface area (Å²) in [5.41, 5.74) is 0. The first-order valence-electron chi connectivity index (χ1n) is 3.04. The van der Waals surface area contributed by atoms with Crippen molar-refractivity contribution in [2.75, 3.05) is 6.54 Å². The largest absolute Gasteiger partial charge is 1.00 e. The first-order valence-corrected chi connectivity index (χ1v) is 3.04. The fourth-order valence-corrected chi connectivity index (χ4v) is 0.986. The zero-order chi connectivity index (χ0) is 6.69. The molecule has 0 aromatic rings. The number of hydrogen-bond donors (Lipinski definition) is 1. The van der Waals surface area contributed by atoms with Gasteiger partial charge in [-0.3, -0.25) is 4.79 Å². The van der Waals surface area contributed by atoms with Gasteiger partial charge < -0.3 is 10.1 Å². The number of carbonyl (C=O) groups excluding carboxylic acids is 1. The maximum absolute atomic E-state index is 10.7. The van der Waals surface area contributed by atoms with Crippen LogP contribution in [-0.2, 0) is 9.53 Å². The molecule has 3 nitrogen and oxygen atoms in total. The SMILES string of the molecule is [CH2-]OC(=O)[C@@H]1CCCN1.[Li+]. The van der Waals surface area contributed by atoms with Crippen molar-refractivity contribution >= 4 is 5.97 Å². The van der Waals surface area contributed by atoms with Crippen molar-refractivity contribution in [1.29, 1.82) is 0 Å². The van der Waals surface area contributed by atoms with E-state index in [4.69, 9.17) is 0 Å². The molecule has 52 valence electrons. The van der Waals surface area contributed by atoms with E-state index in [1.807, 2.05) is 0 Å². The first-order chi connectivity index (χ1) is 4.34. The van der Waals surface area contributed by atoms with Crippen LogP contribution in [0.4, 0.5) is 0 Å². The van der Waals surface area contributed by atoms with Gasteiger partial charge in [-0.2, -0.15) is 7.11 Å². The molecular formula is C6H10LiNO2. The molecule has 0 radical (unpaired) electrons. The quantitative estimate of drug-likeness (QED) is 0.238. The van der Waals surface area contributed by atoms with Crippen LogP contribution in [0.15, 0.2) is 0 Å². The van der Waals surface area contributed by atoms with Gasteiger partial charge in [-0.15, -0.1) is 0 Å². The summed E-state index contributed by atoms with van der Waals surface area (Å²) >= 11 is 0. The molecule has 1 saturated heterocycles. The van der Waals surface area contributed by atoms with E-state index in [1.54, 1.807) is 0 Å². The first kappa shape index (κ1) is 10.0. The molecular weight excluding hydrogens is 125 g/mol. The summed E-state index contributed by atoms with van der Waals surface area (Å²) < 4.78 is 4.28. The van der Waals surface area contributed by atoms with E-state index in [0.29, 0.717) is 0 Å². The number of esters is 1. The normalized spacial score (nSPS) is 23.5. The predicted molar refractivity (Wildman–Crippen MR) is 32.5 cm³/mol. The topological polar surface area (TPSA) is 38.3 Å². The maximum Gasteiger partial charge on any atom is 1.00 e. The van der Waals surface area contributed by atoms with Gasteiger partial charge in [0.25, 0.3) is 5.97 Å². The molecule has 1 N–H and O–H groups in total. The third-order valence-electron chi connectivity index (χ3n) is 1.49. The molecule has 1 atom stereocenters. The zero-order valence-corrected chi connectivity index (χ0v) is 6.22. The van der Waals surface area contributed by atoms with Gasteiger partial charge in [-0.25, -0.2) is 0 Å². The molecule has 0 aromatic heterocycles. The standard InChI is InChI=1S/C6H10NO2.Li/c1-9-6(8)5-3-2-4-7-5;/h5,7H,1-4H2;/q-1;+1/t5-;/m0./s1. The van der Waals surface area contributed by atoms with Crippen LogP contribution in [0.1, 0.15) is 12.8 Å². The van der Waals surface area contributed by atoms with Crippen LogP contribution in [-0.4, -0.2) is 18.6 Å². The Balaban J connectivity index is 0.000000810. The molecule has 0 unspecified atom stereocenters. The molecule has 0 aromatic carbocycles. The molecule has 0 amide bonds. The maximum atomic E-state index is 10.7. The van der Waals surface area contributed by atoms with Crippen molar-refractivity contribution in [3.63, 3.8) is 0 Å². The van der Waals surface area contributed by atoms with E-state index in [2.05, 4.69) is 17.2 Å². The number of hydrogen-bond acceptors (Lipinski definition) is 3. The summed E-state index contributed by atoms with van der Waals surface area (Å²) in [5, 5.41) is 2.99. The number of ether oxygens (including phenoxy) is 1. The van der Waals surface area contributed by atoms with Crippen molar-refractivity contribution in [3.8, 4) is 0 Å². The molecule has 4 heteroatoms. The minimum absolute atomic E-state index is 0. The molecule has 1 rings (SSSR count). The monoisotopic (exact) mass is 135 g/mol. The van der Waals surface area contributed by atoms with E-state index in [0.717, 1.165) is 19.4 Å². The van der Waals surface area contributed by atoms with Crippen LogP contribution in [0.5, 0.6) is 0 Å². The third kappa shape index (κ3) is 2.34. The molecule has 1 aliphatic rings. The Hall–Kier alpha value is 0.0274. The fourth-order valence-electron chi connectivity index (χ4n) is 0.986. The van der Waals surface area contributed by atoms with Crippen LogP contribution in [0.25, 0.3) is 0 Å². The summed E-state index contributed by atoms with van der Waals surface area (Å²) in [6.45, 7) is 0.916. The van der Waals surface area contributed by atoms with Crippen molar-refractivity contribution in [2.24, 2.45) is 0 Å². The van der Waals surface area contributed by atoms with E-state index in [1.165, 1.54) is 0 Å². The van der Waals surface area contributed by atoms with E-state index in [9.17, 15) is 4.79 Å². The summed E-state index contributed by atoms with van der Waals surface area (Å²) in [4.78, 5) is 10.7. The van der Waals surface area contributed by atoms with Crippen molar-refractivity contribution in [3.05, 3.63) is 7.11 Å². The van der Waals surface area contributed by atoms with E-state index in [-0.39, 0.29) is 30.9 Å². The number of carbonyl (C=O) groups is 1. The Kier molecular flexibility index (Phi) is 4.80. The zero-order valence-electron chi connectivity index (χ0n) is 6.22. The Labute approximate surface area is 72.7 Å². The van der Waals surface area contributed by atoms with Gasteiger partial charge in [0.15, 0.2) is 0 Å². The molecule has 1 aliphatic heterocycles. The summed E-state index contributed by atoms with van der Waals surface area (Å²) in [6.07, 6.45) is 1.94. The van der Waals surface area contributed by atoms with Gasteiger partial charge in [-0.05, 0) is 19.4 Å². The van der Waals surface area contributed by atoms with Crippen LogP contribution < -0.4 is 24.2 Å². The predicted octanol–water partition coefficient (Wildman–Crippen LogP) is -2.92. The second-order valence-electron chi connectivity index (χ2n) is 2.11. The average Bonchev–Trinajstić information content (AvgIpc) is 2.37. The molecule has 0 bridgehead atoms. The van der Waals surface area contributed by atoms with Gasteiger partial charge in [0.05, 0.1) is 0 Å². The molecule has 0 spiro atoms. The number of nitrogens with one attached hydrogen (secondary N) is 1. The van der Waals surface area contributed by atoms with Crippen LogP contribution in [0.2, 0.25) is 0 Å². The van der Waals surface area contributed by atoms with Crippen molar-refractivity contribution < 1.29 is 28.4 Å². The Morgan fingerprint density at radius 2 is 2.40 bits per heavy atom. The van der Waals surface area contributed by atoms with Crippen LogP contribution in [0, 0.1) is 7.11 Å². The fraction of sp³-hybridized carbons (Fsp3) is 0.667. The summed E-state index contributed by atoms with van der Waals surface area (Å²) in [7, 11) is 3.04. The molecule has 1 heterocycles. The van der Waals surface area contributed by atoms with Gasteiger partial charge >= 0.3 is 18.9 Å². The summed E-state index contributed by atoms with van der Waals surface area (Å²) in [5.74, 6) is -0.243.